The van der Waals surface area contributed by atoms with Crippen LogP contribution in [0.1, 0.15) is 55.5 Å². The molecule has 2 atom stereocenters. The average Bonchev–Trinajstić information content (AvgIpc) is 3.37. The van der Waals surface area contributed by atoms with Crippen molar-refractivity contribution >= 4 is 27.9 Å². The number of aromatic nitrogens is 1. The van der Waals surface area contributed by atoms with Gasteiger partial charge in [0.2, 0.25) is 5.91 Å². The van der Waals surface area contributed by atoms with E-state index in [1.165, 1.54) is 11.8 Å². The van der Waals surface area contributed by atoms with Gasteiger partial charge in [0.15, 0.2) is 5.76 Å². The zero-order valence-corrected chi connectivity index (χ0v) is 27.0. The van der Waals surface area contributed by atoms with Crippen molar-refractivity contribution in [2.24, 2.45) is 0 Å². The fourth-order valence-corrected chi connectivity index (χ4v) is 5.96. The number of amides is 2. The fraction of sp³-hybridized carbons (Fsp3) is 0.469. The molecule has 13 heteroatoms. The number of benzene rings is 2. The summed E-state index contributed by atoms with van der Waals surface area (Å²) in [5.41, 5.74) is 1.63. The molecule has 0 radical (unpaired) electrons. The van der Waals surface area contributed by atoms with E-state index in [1.54, 1.807) is 38.1 Å². The van der Waals surface area contributed by atoms with Gasteiger partial charge in [0, 0.05) is 32.1 Å². The number of alkyl halides is 2. The highest BCUT2D eigenvalue weighted by Gasteiger charge is 2.47. The summed E-state index contributed by atoms with van der Waals surface area (Å²) in [6, 6.07) is 14.3. The van der Waals surface area contributed by atoms with Crippen LogP contribution in [0.5, 0.6) is 0 Å². The highest BCUT2D eigenvalue weighted by Crippen LogP contribution is 2.47. The number of piperidine rings is 1. The molecular weight excluding hydrogens is 656 g/mol. The summed E-state index contributed by atoms with van der Waals surface area (Å²) in [7, 11) is 0. The summed E-state index contributed by atoms with van der Waals surface area (Å²) in [6.45, 7) is 3.70. The molecule has 1 aliphatic heterocycles. The normalized spacial score (nSPS) is 18.8. The minimum absolute atomic E-state index is 0.0427. The molecule has 10 nitrogen and oxygen atoms in total. The lowest BCUT2D eigenvalue weighted by Crippen LogP contribution is -2.50. The van der Waals surface area contributed by atoms with Crippen molar-refractivity contribution in [3.63, 3.8) is 0 Å². The molecule has 2 heterocycles. The second kappa shape index (κ2) is 14.8. The Hall–Kier alpha value is -3.39. The highest BCUT2D eigenvalue weighted by atomic mass is 79.9. The summed E-state index contributed by atoms with van der Waals surface area (Å²) in [4.78, 5) is 24.5. The molecule has 0 spiro atoms. The quantitative estimate of drug-likeness (QED) is 0.207. The molecule has 0 aliphatic carbocycles. The molecule has 0 saturated carbocycles. The number of ether oxygens (including phenoxy) is 2. The number of rotatable bonds is 13. The number of carbonyl (C=O) groups is 2. The van der Waals surface area contributed by atoms with Crippen LogP contribution in [0.2, 0.25) is 0 Å². The highest BCUT2D eigenvalue weighted by molar-refractivity contribution is 9.10. The minimum atomic E-state index is -3.12. The zero-order chi connectivity index (χ0) is 32.8. The lowest BCUT2D eigenvalue weighted by atomic mass is 9.74. The van der Waals surface area contributed by atoms with Crippen LogP contribution < -0.4 is 5.32 Å². The Kier molecular flexibility index (Phi) is 11.3. The summed E-state index contributed by atoms with van der Waals surface area (Å²) in [5, 5.41) is 29.0. The van der Waals surface area contributed by atoms with E-state index in [0.29, 0.717) is 40.0 Å². The number of aliphatic hydroxyl groups is 1. The average molecular weight is 695 g/mol. The second-order valence-electron chi connectivity index (χ2n) is 11.5. The molecule has 1 fully saturated rings. The van der Waals surface area contributed by atoms with Crippen molar-refractivity contribution in [2.75, 3.05) is 32.8 Å². The van der Waals surface area contributed by atoms with Crippen molar-refractivity contribution in [3.8, 4) is 11.3 Å². The van der Waals surface area contributed by atoms with Gasteiger partial charge < -0.3 is 34.4 Å². The third-order valence-electron chi connectivity index (χ3n) is 7.70. The SMILES string of the molecule is CC(=O)NCCc1ccccc1-c1onc([C@H]2CN(C(=O)O)CC[C@]2(O)c2ccc(COCC(F)(F)COC(C)C)cc2)c1Br. The van der Waals surface area contributed by atoms with E-state index in [9.17, 15) is 28.6 Å². The van der Waals surface area contributed by atoms with Crippen LogP contribution in [0.4, 0.5) is 13.6 Å². The molecule has 0 bridgehead atoms. The van der Waals surface area contributed by atoms with Gasteiger partial charge in [-0.2, -0.15) is 0 Å². The van der Waals surface area contributed by atoms with E-state index in [-0.39, 0.29) is 38.1 Å². The largest absolute Gasteiger partial charge is 0.465 e. The first-order valence-electron chi connectivity index (χ1n) is 14.7. The molecule has 1 saturated heterocycles. The van der Waals surface area contributed by atoms with Gasteiger partial charge in [-0.3, -0.25) is 4.79 Å². The van der Waals surface area contributed by atoms with Gasteiger partial charge in [0.1, 0.15) is 24.5 Å². The van der Waals surface area contributed by atoms with Crippen LogP contribution in [0, 0.1) is 0 Å². The number of likely N-dealkylation sites (tertiary alicyclic amines) is 1. The van der Waals surface area contributed by atoms with Crippen molar-refractivity contribution in [2.45, 2.75) is 63.8 Å². The first-order valence-corrected chi connectivity index (χ1v) is 15.4. The number of carbonyl (C=O) groups excluding carboxylic acids is 1. The van der Waals surface area contributed by atoms with E-state index >= 15 is 0 Å². The number of hydrogen-bond donors (Lipinski definition) is 3. The van der Waals surface area contributed by atoms with Crippen LogP contribution in [0.3, 0.4) is 0 Å². The van der Waals surface area contributed by atoms with Gasteiger partial charge in [0.05, 0.1) is 23.1 Å². The van der Waals surface area contributed by atoms with Crippen LogP contribution in [0.25, 0.3) is 11.3 Å². The maximum atomic E-state index is 14.0. The number of nitrogens with zero attached hydrogens (tertiary/aromatic N) is 2. The Morgan fingerprint density at radius 3 is 2.58 bits per heavy atom. The monoisotopic (exact) mass is 693 g/mol. The molecule has 1 aromatic heterocycles. The molecule has 1 aliphatic rings. The molecule has 45 heavy (non-hydrogen) atoms. The molecule has 3 aromatic rings. The second-order valence-corrected chi connectivity index (χ2v) is 12.3. The smallest absolute Gasteiger partial charge is 0.407 e. The Labute approximate surface area is 268 Å². The van der Waals surface area contributed by atoms with Gasteiger partial charge >= 0.3 is 6.09 Å². The number of halogens is 3. The van der Waals surface area contributed by atoms with Gasteiger partial charge in [-0.05, 0) is 59.3 Å². The Balaban J connectivity index is 1.57. The number of nitrogens with one attached hydrogen (secondary N) is 1. The van der Waals surface area contributed by atoms with Gasteiger partial charge in [-0.25, -0.2) is 13.6 Å². The standard InChI is InChI=1S/C32H38BrF2N3O7/c1-20(2)44-19-31(34,35)18-43-17-22-8-10-24(11-9-22)32(42)13-15-38(30(40)41)16-26(32)28-27(33)29(45-37-28)25-7-5-4-6-23(25)12-14-36-21(3)39/h4-11,20,26,42H,12-19H2,1-3H3,(H,36,39)(H,40,41)/t26-,32+/m1/s1. The Morgan fingerprint density at radius 2 is 1.91 bits per heavy atom. The van der Waals surface area contributed by atoms with Gasteiger partial charge in [-0.15, -0.1) is 0 Å². The predicted molar refractivity (Wildman–Crippen MR) is 165 cm³/mol. The predicted octanol–water partition coefficient (Wildman–Crippen LogP) is 5.71. The summed E-state index contributed by atoms with van der Waals surface area (Å²) < 4.78 is 44.6. The zero-order valence-electron chi connectivity index (χ0n) is 25.4. The Morgan fingerprint density at radius 1 is 1.20 bits per heavy atom. The topological polar surface area (TPSA) is 134 Å². The maximum Gasteiger partial charge on any atom is 0.407 e. The van der Waals surface area contributed by atoms with Crippen LogP contribution in [-0.4, -0.2) is 77.1 Å². The van der Waals surface area contributed by atoms with Crippen LogP contribution >= 0.6 is 15.9 Å². The molecule has 2 aromatic carbocycles. The fourth-order valence-electron chi connectivity index (χ4n) is 5.32. The third kappa shape index (κ3) is 8.66. The minimum Gasteiger partial charge on any atom is -0.465 e. The van der Waals surface area contributed by atoms with Crippen molar-refractivity contribution in [1.82, 2.24) is 15.4 Å². The lowest BCUT2D eigenvalue weighted by Gasteiger charge is -2.43. The summed E-state index contributed by atoms with van der Waals surface area (Å²) in [5.74, 6) is -3.64. The van der Waals surface area contributed by atoms with E-state index in [0.717, 1.165) is 11.1 Å². The Bertz CT molecular complexity index is 1470. The van der Waals surface area contributed by atoms with E-state index in [4.69, 9.17) is 14.0 Å². The molecular formula is C32H38BrF2N3O7. The molecule has 244 valence electrons. The summed E-state index contributed by atoms with van der Waals surface area (Å²) >= 11 is 3.62. The van der Waals surface area contributed by atoms with E-state index in [2.05, 4.69) is 26.4 Å². The molecule has 0 unspecified atom stereocenters. The number of hydrogen-bond acceptors (Lipinski definition) is 7. The van der Waals surface area contributed by atoms with Crippen LogP contribution in [-0.2, 0) is 32.9 Å². The lowest BCUT2D eigenvalue weighted by molar-refractivity contribution is -0.135. The van der Waals surface area contributed by atoms with Crippen molar-refractivity contribution in [3.05, 3.63) is 75.4 Å². The maximum absolute atomic E-state index is 14.0. The van der Waals surface area contributed by atoms with Gasteiger partial charge in [0.25, 0.3) is 5.92 Å². The van der Waals surface area contributed by atoms with Crippen LogP contribution in [0.15, 0.2) is 57.5 Å². The number of carboxylic acid groups (broad SMARTS) is 1. The van der Waals surface area contributed by atoms with E-state index < -0.39 is 36.7 Å². The summed E-state index contributed by atoms with van der Waals surface area (Å²) in [6.07, 6.45) is -0.808. The molecule has 4 rings (SSSR count). The van der Waals surface area contributed by atoms with Crippen molar-refractivity contribution in [1.29, 1.82) is 0 Å². The van der Waals surface area contributed by atoms with E-state index in [1.807, 2.05) is 24.3 Å². The van der Waals surface area contributed by atoms with Gasteiger partial charge in [-0.1, -0.05) is 53.7 Å². The molecule has 3 N–H and O–H groups in total. The first-order chi connectivity index (χ1) is 21.3. The third-order valence-corrected chi connectivity index (χ3v) is 8.46. The molecule has 2 amide bonds. The van der Waals surface area contributed by atoms with Crippen molar-refractivity contribution < 1.29 is 42.6 Å². The first kappa shape index (κ1) is 34.5.